The molecule has 6 rings (SSSR count). The van der Waals surface area contributed by atoms with Crippen LogP contribution in [0.25, 0.3) is 0 Å². The maximum Gasteiger partial charge on any atom is 0.417 e. The number of pyridine rings is 1. The van der Waals surface area contributed by atoms with Crippen LogP contribution in [0.3, 0.4) is 0 Å². The third-order valence-corrected chi connectivity index (χ3v) is 9.12. The highest BCUT2D eigenvalue weighted by Crippen LogP contribution is 2.60. The maximum atomic E-state index is 13.5. The van der Waals surface area contributed by atoms with Crippen molar-refractivity contribution in [2.75, 3.05) is 31.1 Å². The molecule has 3 N–H and O–H groups in total. The molecule has 1 aliphatic heterocycles. The lowest BCUT2D eigenvalue weighted by atomic mass is 9.47. The highest BCUT2D eigenvalue weighted by atomic mass is 19.4. The van der Waals surface area contributed by atoms with E-state index >= 15 is 0 Å². The number of halogens is 3. The van der Waals surface area contributed by atoms with Crippen molar-refractivity contribution in [3.05, 3.63) is 23.9 Å². The number of carbonyl (C=O) groups excluding carboxylic acids is 2. The SMILES string of the molecule is CC(C)(C(=O)N[C@H]1[C@@H]2C[C@@H]3C[C@H]1C[C@@](C(N)=O)(C3)C2)N1CCN(c2ccc(C(F)(F)F)cn2)CC1. The first-order valence-electron chi connectivity index (χ1n) is 12.5. The average Bonchev–Trinajstić information content (AvgIpc) is 2.80. The first kappa shape index (κ1) is 24.3. The highest BCUT2D eigenvalue weighted by Gasteiger charge is 2.58. The summed E-state index contributed by atoms with van der Waals surface area (Å²) in [6.45, 7) is 6.21. The smallest absolute Gasteiger partial charge is 0.369 e. The van der Waals surface area contributed by atoms with Crippen LogP contribution in [0.4, 0.5) is 19.0 Å². The van der Waals surface area contributed by atoms with Crippen LogP contribution in [-0.2, 0) is 15.8 Å². The Kier molecular flexibility index (Phi) is 5.81. The molecule has 1 aromatic rings. The lowest BCUT2D eigenvalue weighted by molar-refractivity contribution is -0.149. The van der Waals surface area contributed by atoms with E-state index in [1.807, 2.05) is 18.7 Å². The average molecular weight is 494 g/mol. The topological polar surface area (TPSA) is 91.6 Å². The molecule has 192 valence electrons. The molecular formula is C25H34F3N5O2. The van der Waals surface area contributed by atoms with Gasteiger partial charge >= 0.3 is 6.18 Å². The van der Waals surface area contributed by atoms with E-state index in [2.05, 4.69) is 15.2 Å². The normalized spacial score (nSPS) is 33.1. The van der Waals surface area contributed by atoms with Gasteiger partial charge in [-0.3, -0.25) is 14.5 Å². The summed E-state index contributed by atoms with van der Waals surface area (Å²) in [5, 5.41) is 3.35. The van der Waals surface area contributed by atoms with Crippen LogP contribution < -0.4 is 16.0 Å². The molecule has 1 saturated heterocycles. The van der Waals surface area contributed by atoms with Gasteiger partial charge in [0, 0.05) is 43.8 Å². The minimum Gasteiger partial charge on any atom is -0.369 e. The number of nitrogens with one attached hydrogen (secondary N) is 1. The Morgan fingerprint density at radius 3 is 2.20 bits per heavy atom. The standard InChI is InChI=1S/C25H34F3N5O2/c1-23(2,33-7-5-32(6-8-33)19-4-3-18(14-30-19)25(26,27)28)22(35)31-20-16-9-15-10-17(20)13-24(11-15,12-16)21(29)34/h3-4,14-17,20H,5-13H2,1-2H3,(H2,29,34)(H,31,35)/t15-,16-,17+,20+,24-. The van der Waals surface area contributed by atoms with Crippen molar-refractivity contribution in [3.8, 4) is 0 Å². The van der Waals surface area contributed by atoms with Gasteiger partial charge in [-0.05, 0) is 75.8 Å². The number of nitrogens with zero attached hydrogens (tertiary/aromatic N) is 3. The van der Waals surface area contributed by atoms with Crippen LogP contribution in [0.15, 0.2) is 18.3 Å². The molecule has 0 radical (unpaired) electrons. The highest BCUT2D eigenvalue weighted by molar-refractivity contribution is 5.86. The summed E-state index contributed by atoms with van der Waals surface area (Å²) in [5.74, 6) is 1.46. The van der Waals surface area contributed by atoms with Crippen molar-refractivity contribution in [3.63, 3.8) is 0 Å². The number of amides is 2. The molecular weight excluding hydrogens is 459 g/mol. The monoisotopic (exact) mass is 493 g/mol. The van der Waals surface area contributed by atoms with E-state index in [9.17, 15) is 22.8 Å². The van der Waals surface area contributed by atoms with Gasteiger partial charge in [-0.1, -0.05) is 0 Å². The van der Waals surface area contributed by atoms with Gasteiger partial charge in [0.25, 0.3) is 0 Å². The number of rotatable bonds is 5. The molecule has 0 spiro atoms. The summed E-state index contributed by atoms with van der Waals surface area (Å²) < 4.78 is 38.5. The fraction of sp³-hybridized carbons (Fsp3) is 0.720. The van der Waals surface area contributed by atoms with Crippen LogP contribution in [0, 0.1) is 23.2 Å². The number of alkyl halides is 3. The van der Waals surface area contributed by atoms with Crippen molar-refractivity contribution in [1.82, 2.24) is 15.2 Å². The summed E-state index contributed by atoms with van der Waals surface area (Å²) in [5.41, 5.74) is 3.93. The minimum atomic E-state index is -4.40. The van der Waals surface area contributed by atoms with Crippen LogP contribution >= 0.6 is 0 Å². The second-order valence-electron chi connectivity index (χ2n) is 11.5. The van der Waals surface area contributed by atoms with E-state index in [-0.39, 0.29) is 23.3 Å². The summed E-state index contributed by atoms with van der Waals surface area (Å²) in [6, 6.07) is 2.55. The van der Waals surface area contributed by atoms with Gasteiger partial charge < -0.3 is 16.0 Å². The molecule has 5 atom stereocenters. The number of piperazine rings is 1. The van der Waals surface area contributed by atoms with Crippen LogP contribution in [0.2, 0.25) is 0 Å². The van der Waals surface area contributed by atoms with Gasteiger partial charge in [0.05, 0.1) is 11.1 Å². The third kappa shape index (κ3) is 4.27. The van der Waals surface area contributed by atoms with E-state index in [0.717, 1.165) is 44.4 Å². The largest absolute Gasteiger partial charge is 0.417 e. The Bertz CT molecular complexity index is 972. The van der Waals surface area contributed by atoms with Gasteiger partial charge in [-0.15, -0.1) is 0 Å². The van der Waals surface area contributed by atoms with Gasteiger partial charge in [0.15, 0.2) is 0 Å². The Hall–Kier alpha value is -2.36. The molecule has 4 saturated carbocycles. The number of carbonyl (C=O) groups is 2. The van der Waals surface area contributed by atoms with Gasteiger partial charge in [0.2, 0.25) is 11.8 Å². The molecule has 7 nitrogen and oxygen atoms in total. The number of nitrogens with two attached hydrogens (primary N) is 1. The summed E-state index contributed by atoms with van der Waals surface area (Å²) >= 11 is 0. The second-order valence-corrected chi connectivity index (χ2v) is 11.5. The zero-order valence-electron chi connectivity index (χ0n) is 20.3. The quantitative estimate of drug-likeness (QED) is 0.658. The van der Waals surface area contributed by atoms with Crippen molar-refractivity contribution >= 4 is 17.6 Å². The fourth-order valence-electron chi connectivity index (χ4n) is 7.27. The number of hydrogen-bond donors (Lipinski definition) is 2. The number of aromatic nitrogens is 1. The van der Waals surface area contributed by atoms with Crippen LogP contribution in [0.1, 0.15) is 51.5 Å². The lowest BCUT2D eigenvalue weighted by Crippen LogP contribution is -2.66. The van der Waals surface area contributed by atoms with Crippen molar-refractivity contribution in [1.29, 1.82) is 0 Å². The van der Waals surface area contributed by atoms with Gasteiger partial charge in [-0.25, -0.2) is 4.98 Å². The van der Waals surface area contributed by atoms with Crippen LogP contribution in [0.5, 0.6) is 0 Å². The van der Waals surface area contributed by atoms with Crippen molar-refractivity contribution in [2.45, 2.75) is 63.7 Å². The van der Waals surface area contributed by atoms with Gasteiger partial charge in [-0.2, -0.15) is 13.2 Å². The molecule has 1 aromatic heterocycles. The Labute approximate surface area is 203 Å². The molecule has 2 amide bonds. The predicted molar refractivity (Wildman–Crippen MR) is 124 cm³/mol. The van der Waals surface area contributed by atoms with E-state index in [0.29, 0.717) is 49.8 Å². The Balaban J connectivity index is 1.19. The Morgan fingerprint density at radius 1 is 1.06 bits per heavy atom. The molecule has 0 aromatic carbocycles. The molecule has 10 heteroatoms. The summed E-state index contributed by atoms with van der Waals surface area (Å²) in [7, 11) is 0. The number of hydrogen-bond acceptors (Lipinski definition) is 5. The molecule has 35 heavy (non-hydrogen) atoms. The van der Waals surface area contributed by atoms with E-state index < -0.39 is 17.3 Å². The first-order chi connectivity index (χ1) is 16.4. The van der Waals surface area contributed by atoms with Crippen molar-refractivity contribution in [2.24, 2.45) is 28.9 Å². The van der Waals surface area contributed by atoms with E-state index in [1.165, 1.54) is 6.07 Å². The molecule has 0 unspecified atom stereocenters. The maximum absolute atomic E-state index is 13.5. The third-order valence-electron chi connectivity index (χ3n) is 9.12. The lowest BCUT2D eigenvalue weighted by Gasteiger charge is -2.59. The first-order valence-corrected chi connectivity index (χ1v) is 12.5. The molecule has 2 heterocycles. The Morgan fingerprint density at radius 2 is 1.69 bits per heavy atom. The summed E-state index contributed by atoms with van der Waals surface area (Å²) in [4.78, 5) is 33.8. The number of anilines is 1. The molecule has 5 aliphatic rings. The molecule has 5 fully saturated rings. The summed E-state index contributed by atoms with van der Waals surface area (Å²) in [6.07, 6.45) is 1.02. The minimum absolute atomic E-state index is 0.01000. The van der Waals surface area contributed by atoms with Gasteiger partial charge in [0.1, 0.15) is 5.82 Å². The predicted octanol–water partition coefficient (Wildman–Crippen LogP) is 2.80. The number of primary amides is 1. The fourth-order valence-corrected chi connectivity index (χ4v) is 7.27. The van der Waals surface area contributed by atoms with E-state index in [1.54, 1.807) is 0 Å². The van der Waals surface area contributed by atoms with Crippen LogP contribution in [-0.4, -0.2) is 59.5 Å². The second kappa shape index (κ2) is 8.35. The zero-order valence-corrected chi connectivity index (χ0v) is 20.3. The van der Waals surface area contributed by atoms with E-state index in [4.69, 9.17) is 5.73 Å². The zero-order chi connectivity index (χ0) is 25.2. The molecule has 4 aliphatic carbocycles. The molecule has 4 bridgehead atoms. The van der Waals surface area contributed by atoms with Crippen molar-refractivity contribution < 1.29 is 22.8 Å².